The lowest BCUT2D eigenvalue weighted by Gasteiger charge is -2.29. The van der Waals surface area contributed by atoms with Gasteiger partial charge >= 0.3 is 6.03 Å². The van der Waals surface area contributed by atoms with Gasteiger partial charge in [0.05, 0.1) is 5.69 Å². The summed E-state index contributed by atoms with van der Waals surface area (Å²) in [7, 11) is 3.56. The molecule has 7 rings (SSSR count). The van der Waals surface area contributed by atoms with E-state index in [0.717, 1.165) is 44.5 Å². The van der Waals surface area contributed by atoms with Crippen LogP contribution in [-0.2, 0) is 11.3 Å². The van der Waals surface area contributed by atoms with Gasteiger partial charge in [-0.2, -0.15) is 0 Å². The molecule has 0 saturated heterocycles. The molecule has 3 N–H and O–H groups in total. The molecular formula is C36H38N6O4. The Morgan fingerprint density at radius 1 is 0.935 bits per heavy atom. The standard InChI is InChI=1S/C36H38N6O4/c1-20-15-25-8-11-29(20)21(2)18-42(6)36(45)39-27-10-12-30(32-22(3)40-46-23(32)4)26(16-27)19-41(5)35(44)33(25)38-28-9-7-24-13-14-37-34(43)31(24)17-28/h7-17,21,33,38H,18-19H2,1-6H3,(H,37,43)(H,39,45)/t21-,33?/m0/s1. The number of nitrogens with one attached hydrogen (secondary N) is 3. The van der Waals surface area contributed by atoms with E-state index in [1.165, 1.54) is 0 Å². The smallest absolute Gasteiger partial charge is 0.321 e. The van der Waals surface area contributed by atoms with Gasteiger partial charge < -0.3 is 29.9 Å². The monoisotopic (exact) mass is 618 g/mol. The highest BCUT2D eigenvalue weighted by Crippen LogP contribution is 2.34. The zero-order chi connectivity index (χ0) is 32.7. The SMILES string of the molecule is Cc1cc2ccc1[C@@H](C)CN(C)C(=O)Nc1ccc(-c3c(C)noc3C)c(c1)CN(C)C(=O)C2Nc1ccc2cc[nH]c(=O)c2c1. The van der Waals surface area contributed by atoms with Crippen LogP contribution in [0.3, 0.4) is 0 Å². The Labute approximate surface area is 267 Å². The summed E-state index contributed by atoms with van der Waals surface area (Å²) in [5, 5.41) is 12.0. The van der Waals surface area contributed by atoms with Crippen molar-refractivity contribution in [3.05, 3.63) is 111 Å². The molecule has 0 aliphatic carbocycles. The van der Waals surface area contributed by atoms with Crippen LogP contribution in [0.5, 0.6) is 0 Å². The number of likely N-dealkylation sites (N-methyl/N-ethyl adjacent to an activating group) is 2. The molecule has 236 valence electrons. The van der Waals surface area contributed by atoms with Crippen LogP contribution in [0.2, 0.25) is 0 Å². The van der Waals surface area contributed by atoms with Crippen molar-refractivity contribution in [1.29, 1.82) is 0 Å². The molecule has 4 heterocycles. The molecule has 1 unspecified atom stereocenters. The number of H-pyrrole nitrogens is 1. The molecule has 10 heteroatoms. The number of pyridine rings is 1. The molecule has 0 radical (unpaired) electrons. The van der Waals surface area contributed by atoms with Gasteiger partial charge in [-0.1, -0.05) is 42.4 Å². The van der Waals surface area contributed by atoms with E-state index < -0.39 is 6.04 Å². The third-order valence-electron chi connectivity index (χ3n) is 8.83. The van der Waals surface area contributed by atoms with Crippen molar-refractivity contribution in [2.75, 3.05) is 31.3 Å². The number of carbonyl (C=O) groups excluding carboxylic acids is 2. The lowest BCUT2D eigenvalue weighted by atomic mass is 9.92. The number of nitrogens with zero attached hydrogens (tertiary/aromatic N) is 3. The molecule has 0 spiro atoms. The predicted molar refractivity (Wildman–Crippen MR) is 180 cm³/mol. The number of aromatic amines is 1. The number of carbonyl (C=O) groups is 2. The number of urea groups is 1. The van der Waals surface area contributed by atoms with Crippen molar-refractivity contribution >= 4 is 34.1 Å². The predicted octanol–water partition coefficient (Wildman–Crippen LogP) is 6.50. The van der Waals surface area contributed by atoms with Crippen LogP contribution < -0.4 is 16.2 Å². The van der Waals surface area contributed by atoms with Gasteiger partial charge in [-0.15, -0.1) is 0 Å². The minimum Gasteiger partial charge on any atom is -0.370 e. The molecule has 4 bridgehead atoms. The molecule has 3 amide bonds. The number of hydrogen-bond acceptors (Lipinski definition) is 6. The number of fused-ring (bicyclic) bond motifs is 10. The normalized spacial score (nSPS) is 17.4. The first kappa shape index (κ1) is 30.6. The second-order valence-corrected chi connectivity index (χ2v) is 12.3. The summed E-state index contributed by atoms with van der Waals surface area (Å²) in [6.07, 6.45) is 1.62. The van der Waals surface area contributed by atoms with Crippen LogP contribution in [0.1, 0.15) is 52.6 Å². The number of amides is 3. The molecule has 0 fully saturated rings. The third-order valence-corrected chi connectivity index (χ3v) is 8.83. The zero-order valence-corrected chi connectivity index (χ0v) is 26.9. The van der Waals surface area contributed by atoms with Gasteiger partial charge in [-0.25, -0.2) is 4.79 Å². The maximum absolute atomic E-state index is 14.4. The van der Waals surface area contributed by atoms with E-state index in [-0.39, 0.29) is 30.0 Å². The Kier molecular flexibility index (Phi) is 8.12. The van der Waals surface area contributed by atoms with Crippen molar-refractivity contribution in [3.8, 4) is 11.1 Å². The quantitative estimate of drug-likeness (QED) is 0.212. The zero-order valence-electron chi connectivity index (χ0n) is 26.9. The Balaban J connectivity index is 1.46. The van der Waals surface area contributed by atoms with Crippen LogP contribution in [0.25, 0.3) is 21.9 Å². The lowest BCUT2D eigenvalue weighted by Crippen LogP contribution is -2.36. The maximum atomic E-state index is 14.4. The third kappa shape index (κ3) is 5.85. The first-order valence-electron chi connectivity index (χ1n) is 15.3. The summed E-state index contributed by atoms with van der Waals surface area (Å²) >= 11 is 0. The minimum atomic E-state index is -0.741. The van der Waals surface area contributed by atoms with E-state index in [9.17, 15) is 14.4 Å². The van der Waals surface area contributed by atoms with Crippen LogP contribution in [0.4, 0.5) is 16.2 Å². The van der Waals surface area contributed by atoms with Gasteiger partial charge in [0.2, 0.25) is 5.91 Å². The Morgan fingerprint density at radius 2 is 1.74 bits per heavy atom. The Morgan fingerprint density at radius 3 is 2.48 bits per heavy atom. The van der Waals surface area contributed by atoms with E-state index >= 15 is 0 Å². The molecule has 2 aromatic heterocycles. The first-order valence-corrected chi connectivity index (χ1v) is 15.3. The first-order chi connectivity index (χ1) is 22.0. The topological polar surface area (TPSA) is 124 Å². The van der Waals surface area contributed by atoms with Crippen molar-refractivity contribution in [2.24, 2.45) is 0 Å². The average molecular weight is 619 g/mol. The van der Waals surface area contributed by atoms with Crippen molar-refractivity contribution in [2.45, 2.75) is 46.2 Å². The van der Waals surface area contributed by atoms with Crippen molar-refractivity contribution in [1.82, 2.24) is 19.9 Å². The van der Waals surface area contributed by atoms with E-state index in [4.69, 9.17) is 4.52 Å². The maximum Gasteiger partial charge on any atom is 0.321 e. The number of aryl methyl sites for hydroxylation is 3. The Hall–Kier alpha value is -5.38. The minimum absolute atomic E-state index is 0.0483. The van der Waals surface area contributed by atoms with Crippen molar-refractivity contribution in [3.63, 3.8) is 0 Å². The number of anilines is 2. The van der Waals surface area contributed by atoms with Gasteiger partial charge in [0, 0.05) is 55.7 Å². The summed E-state index contributed by atoms with van der Waals surface area (Å²) < 4.78 is 5.48. The fourth-order valence-corrected chi connectivity index (χ4v) is 6.44. The summed E-state index contributed by atoms with van der Waals surface area (Å²) in [5.74, 6) is 0.558. The summed E-state index contributed by atoms with van der Waals surface area (Å²) in [6.45, 7) is 8.62. The van der Waals surface area contributed by atoms with E-state index in [1.807, 2.05) is 75.4 Å². The fraction of sp³-hybridized carbons (Fsp3) is 0.278. The van der Waals surface area contributed by atoms with Crippen LogP contribution >= 0.6 is 0 Å². The lowest BCUT2D eigenvalue weighted by molar-refractivity contribution is -0.131. The highest BCUT2D eigenvalue weighted by molar-refractivity contribution is 5.91. The Bertz CT molecular complexity index is 2010. The van der Waals surface area contributed by atoms with Crippen LogP contribution in [0.15, 0.2) is 76.2 Å². The number of benzene rings is 3. The molecule has 0 saturated carbocycles. The summed E-state index contributed by atoms with van der Waals surface area (Å²) in [6, 6.07) is 18.2. The van der Waals surface area contributed by atoms with E-state index in [2.05, 4.69) is 27.7 Å². The van der Waals surface area contributed by atoms with Crippen LogP contribution in [-0.4, -0.2) is 52.5 Å². The summed E-state index contributed by atoms with van der Waals surface area (Å²) in [5.41, 5.74) is 7.29. The second kappa shape index (κ2) is 12.2. The molecule has 10 nitrogen and oxygen atoms in total. The molecule has 46 heavy (non-hydrogen) atoms. The molecule has 3 aromatic carbocycles. The number of rotatable bonds is 3. The molecular weight excluding hydrogens is 580 g/mol. The molecule has 5 aromatic rings. The molecule has 2 aliphatic heterocycles. The fourth-order valence-electron chi connectivity index (χ4n) is 6.44. The number of aromatic nitrogens is 2. The summed E-state index contributed by atoms with van der Waals surface area (Å²) in [4.78, 5) is 46.4. The largest absolute Gasteiger partial charge is 0.370 e. The van der Waals surface area contributed by atoms with Crippen molar-refractivity contribution < 1.29 is 14.1 Å². The molecule has 2 atom stereocenters. The van der Waals surface area contributed by atoms with Gasteiger partial charge in [-0.05, 0) is 90.2 Å². The highest BCUT2D eigenvalue weighted by atomic mass is 16.5. The van der Waals surface area contributed by atoms with Crippen LogP contribution in [0, 0.1) is 20.8 Å². The van der Waals surface area contributed by atoms with Gasteiger partial charge in [0.15, 0.2) is 0 Å². The van der Waals surface area contributed by atoms with Gasteiger partial charge in [-0.3, -0.25) is 9.59 Å². The van der Waals surface area contributed by atoms with Gasteiger partial charge in [0.1, 0.15) is 11.8 Å². The van der Waals surface area contributed by atoms with Gasteiger partial charge in [0.25, 0.3) is 5.56 Å². The number of hydrogen-bond donors (Lipinski definition) is 3. The van der Waals surface area contributed by atoms with E-state index in [1.54, 1.807) is 36.2 Å². The average Bonchev–Trinajstić information content (AvgIpc) is 3.36. The highest BCUT2D eigenvalue weighted by Gasteiger charge is 2.27. The molecule has 2 aliphatic rings. The van der Waals surface area contributed by atoms with E-state index in [0.29, 0.717) is 29.1 Å². The second-order valence-electron chi connectivity index (χ2n) is 12.3.